The summed E-state index contributed by atoms with van der Waals surface area (Å²) in [5.41, 5.74) is 5.21. The van der Waals surface area contributed by atoms with Crippen LogP contribution in [0.4, 0.5) is 0 Å². The molecule has 0 unspecified atom stereocenters. The normalized spacial score (nSPS) is 11.9. The van der Waals surface area contributed by atoms with E-state index in [1.807, 2.05) is 0 Å². The van der Waals surface area contributed by atoms with E-state index < -0.39 is 10.2 Å². The molecule has 0 aliphatic carbocycles. The summed E-state index contributed by atoms with van der Waals surface area (Å²) in [6.07, 6.45) is 4.27. The Kier molecular flexibility index (Phi) is 4.62. The van der Waals surface area contributed by atoms with Crippen LogP contribution in [0, 0.1) is 17.2 Å². The van der Waals surface area contributed by atoms with Crippen molar-refractivity contribution in [3.63, 3.8) is 0 Å². The van der Waals surface area contributed by atoms with E-state index >= 15 is 0 Å². The van der Waals surface area contributed by atoms with Gasteiger partial charge in [-0.3, -0.25) is 0 Å². The first-order valence-electron chi connectivity index (χ1n) is 6.14. The molecule has 3 rings (SSSR count). The summed E-state index contributed by atoms with van der Waals surface area (Å²) < 4.78 is 32.4. The number of aromatic nitrogens is 1. The van der Waals surface area contributed by atoms with Crippen LogP contribution in [0.3, 0.4) is 0 Å². The molecule has 5 nitrogen and oxygen atoms in total. The molecule has 3 N–H and O–H groups in total. The topological polar surface area (TPSA) is 88.2 Å². The van der Waals surface area contributed by atoms with E-state index in [0.717, 1.165) is 0 Å². The van der Waals surface area contributed by atoms with E-state index in [2.05, 4.69) is 72.2 Å². The molecule has 3 aromatic rings. The van der Waals surface area contributed by atoms with Crippen LogP contribution in [0.25, 0.3) is 16.6 Å². The molecule has 112 valence electrons. The van der Waals surface area contributed by atoms with E-state index in [9.17, 15) is 0 Å². The number of nitrogens with zero attached hydrogens (tertiary/aromatic N) is 1. The average Bonchev–Trinajstić information content (AvgIpc) is 2.73. The van der Waals surface area contributed by atoms with E-state index in [0.29, 0.717) is 0 Å². The number of halogens is 1. The summed E-state index contributed by atoms with van der Waals surface area (Å²) >= 11 is 0. The van der Waals surface area contributed by atoms with Crippen molar-refractivity contribution in [2.45, 2.75) is 6.92 Å². The summed E-state index contributed by atoms with van der Waals surface area (Å²) in [6, 6.07) is 16.8. The zero-order valence-electron chi connectivity index (χ0n) is 11.3. The van der Waals surface area contributed by atoms with Crippen molar-refractivity contribution in [2.75, 3.05) is 0 Å². The molecule has 0 fully saturated rings. The Morgan fingerprint density at radius 3 is 2.14 bits per heavy atom. The Labute approximate surface area is 124 Å². The average molecular weight is 310 g/mol. The molecule has 2 heterocycles. The number of rotatable bonds is 1. The van der Waals surface area contributed by atoms with Gasteiger partial charge in [-0.2, -0.15) is 0 Å². The van der Waals surface area contributed by atoms with Crippen LogP contribution >= 0.6 is 0 Å². The summed E-state index contributed by atoms with van der Waals surface area (Å²) in [6.45, 7) is 2.16. The van der Waals surface area contributed by atoms with Gasteiger partial charge >= 0.3 is 28.9 Å². The van der Waals surface area contributed by atoms with Crippen molar-refractivity contribution in [1.29, 1.82) is 0 Å². The second-order valence-corrected chi connectivity index (χ2v) is 5.35. The summed E-state index contributed by atoms with van der Waals surface area (Å²) in [4.78, 5) is 0. The molecule has 2 aromatic heterocycles. The van der Waals surface area contributed by atoms with Gasteiger partial charge in [0.15, 0.2) is 0 Å². The SMILES string of the molecule is Cc1cn2ccccc2c1-c1ccccc1.[O-][Cl+](O)(O)O. The molecule has 6 heteroatoms. The van der Waals surface area contributed by atoms with Crippen LogP contribution in [0.1, 0.15) is 5.56 Å². The van der Waals surface area contributed by atoms with Crippen molar-refractivity contribution in [1.82, 2.24) is 4.40 Å². The van der Waals surface area contributed by atoms with Gasteiger partial charge in [-0.1, -0.05) is 36.4 Å². The molecule has 0 saturated carbocycles. The van der Waals surface area contributed by atoms with E-state index in [4.69, 9.17) is 18.6 Å². The number of fused-ring (bicyclic) bond motifs is 1. The zero-order valence-corrected chi connectivity index (χ0v) is 12.1. The fraction of sp³-hybridized carbons (Fsp3) is 0.0667. The Bertz CT molecular complexity index is 713. The minimum atomic E-state index is -4.19. The molecule has 0 amide bonds. The van der Waals surface area contributed by atoms with Crippen LogP contribution < -0.4 is 4.66 Å². The predicted octanol–water partition coefficient (Wildman–Crippen LogP) is 1.05. The van der Waals surface area contributed by atoms with Gasteiger partial charge in [-0.25, -0.2) is 0 Å². The van der Waals surface area contributed by atoms with Crippen molar-refractivity contribution >= 4 is 5.52 Å². The van der Waals surface area contributed by atoms with E-state index in [1.54, 1.807) is 0 Å². The molecular formula is C15H16ClNO4. The van der Waals surface area contributed by atoms with E-state index in [-0.39, 0.29) is 0 Å². The third-order valence-corrected chi connectivity index (χ3v) is 2.94. The summed E-state index contributed by atoms with van der Waals surface area (Å²) in [5.74, 6) is 0. The third kappa shape index (κ3) is 4.29. The second-order valence-electron chi connectivity index (χ2n) is 4.48. The molecule has 0 spiro atoms. The Balaban J connectivity index is 0.000000282. The Hall–Kier alpha value is -1.89. The standard InChI is InChI=1S/C15H13N.ClH3O4/c1-12-11-16-10-6-5-9-14(16)15(12)13-7-3-2-4-8-13;2-1(3,4)5/h2-11H,1H3;2-4H. The molecule has 0 atom stereocenters. The maximum atomic E-state index is 8.83. The molecule has 0 radical (unpaired) electrons. The number of benzene rings is 1. The van der Waals surface area contributed by atoms with Gasteiger partial charge < -0.3 is 4.40 Å². The van der Waals surface area contributed by atoms with Crippen molar-refractivity contribution in [3.05, 3.63) is 66.5 Å². The molecule has 0 saturated heterocycles. The van der Waals surface area contributed by atoms with Gasteiger partial charge in [-0.15, -0.1) is 0 Å². The Morgan fingerprint density at radius 2 is 1.52 bits per heavy atom. The molecule has 21 heavy (non-hydrogen) atoms. The predicted molar refractivity (Wildman–Crippen MR) is 74.2 cm³/mol. The monoisotopic (exact) mass is 309 g/mol. The number of pyridine rings is 1. The number of hydrogen-bond donors (Lipinski definition) is 3. The summed E-state index contributed by atoms with van der Waals surface area (Å²) in [5, 5.41) is 0. The maximum absolute atomic E-state index is 8.83. The molecule has 0 aliphatic heterocycles. The molecule has 1 aromatic carbocycles. The fourth-order valence-corrected chi connectivity index (χ4v) is 2.24. The van der Waals surface area contributed by atoms with Gasteiger partial charge in [0.25, 0.3) is 0 Å². The van der Waals surface area contributed by atoms with Gasteiger partial charge in [0.05, 0.1) is 5.52 Å². The van der Waals surface area contributed by atoms with Crippen molar-refractivity contribution in [2.24, 2.45) is 0 Å². The van der Waals surface area contributed by atoms with Gasteiger partial charge in [0.1, 0.15) is 0 Å². The first kappa shape index (κ1) is 15.5. The van der Waals surface area contributed by atoms with Crippen LogP contribution in [0.15, 0.2) is 60.9 Å². The number of hydrogen-bond acceptors (Lipinski definition) is 4. The van der Waals surface area contributed by atoms with Gasteiger partial charge in [-0.05, 0) is 30.2 Å². The van der Waals surface area contributed by atoms with Gasteiger partial charge in [0.2, 0.25) is 0 Å². The van der Waals surface area contributed by atoms with E-state index in [1.165, 1.54) is 22.2 Å². The molecule has 0 aliphatic rings. The van der Waals surface area contributed by atoms with Crippen LogP contribution in [0.5, 0.6) is 0 Å². The van der Waals surface area contributed by atoms with Crippen molar-refractivity contribution in [3.8, 4) is 11.1 Å². The minimum absolute atomic E-state index is 1.27. The first-order chi connectivity index (χ1) is 9.86. The molecule has 0 bridgehead atoms. The third-order valence-electron chi connectivity index (χ3n) is 2.94. The first-order valence-corrected chi connectivity index (χ1v) is 7.46. The van der Waals surface area contributed by atoms with Crippen LogP contribution in [0.2, 0.25) is 0 Å². The second kappa shape index (κ2) is 6.26. The number of aryl methyl sites for hydroxylation is 1. The van der Waals surface area contributed by atoms with Crippen LogP contribution in [-0.2, 0) is 0 Å². The quantitative estimate of drug-likeness (QED) is 0.627. The summed E-state index contributed by atoms with van der Waals surface area (Å²) in [7, 11) is -4.19. The fourth-order valence-electron chi connectivity index (χ4n) is 2.24. The van der Waals surface area contributed by atoms with Crippen molar-refractivity contribution < 1.29 is 28.9 Å². The van der Waals surface area contributed by atoms with Crippen LogP contribution in [-0.4, -0.2) is 18.4 Å². The van der Waals surface area contributed by atoms with Gasteiger partial charge in [0, 0.05) is 18.0 Å². The molecular weight excluding hydrogens is 294 g/mol. The Morgan fingerprint density at radius 1 is 0.952 bits per heavy atom. The zero-order chi connectivity index (χ0) is 15.5.